The zero-order valence-electron chi connectivity index (χ0n) is 10.3. The lowest BCUT2D eigenvalue weighted by atomic mass is 10.2. The number of para-hydroxylation sites is 1. The van der Waals surface area contributed by atoms with Gasteiger partial charge < -0.3 is 15.9 Å². The molecule has 0 saturated heterocycles. The second-order valence-corrected chi connectivity index (χ2v) is 3.67. The van der Waals surface area contributed by atoms with Gasteiger partial charge in [-0.15, -0.1) is 0 Å². The van der Waals surface area contributed by atoms with Crippen molar-refractivity contribution in [3.05, 3.63) is 64.2 Å². The molecule has 20 heavy (non-hydrogen) atoms. The monoisotopic (exact) mass is 276 g/mol. The van der Waals surface area contributed by atoms with Crippen molar-refractivity contribution < 1.29 is 19.9 Å². The van der Waals surface area contributed by atoms with Gasteiger partial charge in [0.2, 0.25) is 0 Å². The number of phenolic OH excluding ortho intramolecular Hbond substituents is 1. The molecule has 0 spiro atoms. The maximum Gasteiger partial charge on any atom is 0.337 e. The highest BCUT2D eigenvalue weighted by Crippen LogP contribution is 2.15. The lowest BCUT2D eigenvalue weighted by molar-refractivity contribution is -0.384. The van der Waals surface area contributed by atoms with Gasteiger partial charge in [0.15, 0.2) is 0 Å². The van der Waals surface area contributed by atoms with Crippen LogP contribution in [0.5, 0.6) is 5.75 Å². The number of anilines is 1. The highest BCUT2D eigenvalue weighted by atomic mass is 16.6. The van der Waals surface area contributed by atoms with Crippen molar-refractivity contribution in [3.63, 3.8) is 0 Å². The van der Waals surface area contributed by atoms with Crippen molar-refractivity contribution in [2.75, 3.05) is 5.73 Å². The quantitative estimate of drug-likeness (QED) is 0.438. The van der Waals surface area contributed by atoms with Crippen LogP contribution in [0.15, 0.2) is 48.5 Å². The molecule has 0 aliphatic heterocycles. The molecule has 0 fully saturated rings. The summed E-state index contributed by atoms with van der Waals surface area (Å²) in [4.78, 5) is 19.9. The molecule has 0 aliphatic rings. The Bertz CT molecular complexity index is 610. The number of nitro benzene ring substituents is 1. The van der Waals surface area contributed by atoms with E-state index >= 15 is 0 Å². The van der Waals surface area contributed by atoms with E-state index < -0.39 is 10.9 Å². The molecule has 0 radical (unpaired) electrons. The Morgan fingerprint density at radius 1 is 1.10 bits per heavy atom. The molecule has 104 valence electrons. The number of rotatable bonds is 2. The van der Waals surface area contributed by atoms with Crippen LogP contribution >= 0.6 is 0 Å². The fraction of sp³-hybridized carbons (Fsp3) is 0. The molecule has 7 nitrogen and oxygen atoms in total. The Labute approximate surface area is 114 Å². The number of carboxylic acids is 1. The minimum Gasteiger partial charge on any atom is -0.508 e. The maximum absolute atomic E-state index is 10.3. The Morgan fingerprint density at radius 3 is 2.05 bits per heavy atom. The lowest BCUT2D eigenvalue weighted by Gasteiger charge is -1.96. The summed E-state index contributed by atoms with van der Waals surface area (Å²) < 4.78 is 0. The molecule has 0 aromatic heterocycles. The van der Waals surface area contributed by atoms with Crippen molar-refractivity contribution >= 4 is 17.3 Å². The number of carboxylic acid groups (broad SMARTS) is 1. The number of phenols is 1. The van der Waals surface area contributed by atoms with Gasteiger partial charge in [-0.25, -0.2) is 4.79 Å². The zero-order chi connectivity index (χ0) is 15.1. The molecule has 0 amide bonds. The Hall–Kier alpha value is -3.09. The first-order valence-corrected chi connectivity index (χ1v) is 5.43. The molecule has 0 saturated carbocycles. The van der Waals surface area contributed by atoms with E-state index in [2.05, 4.69) is 0 Å². The van der Waals surface area contributed by atoms with Crippen molar-refractivity contribution in [2.24, 2.45) is 0 Å². The number of nitro groups is 1. The van der Waals surface area contributed by atoms with Crippen LogP contribution in [0.1, 0.15) is 10.4 Å². The smallest absolute Gasteiger partial charge is 0.337 e. The van der Waals surface area contributed by atoms with Gasteiger partial charge in [-0.1, -0.05) is 12.1 Å². The third-order valence-electron chi connectivity index (χ3n) is 2.25. The number of carbonyl (C=O) groups is 1. The third-order valence-corrected chi connectivity index (χ3v) is 2.25. The van der Waals surface area contributed by atoms with Crippen LogP contribution in [0.2, 0.25) is 0 Å². The fourth-order valence-electron chi connectivity index (χ4n) is 1.27. The van der Waals surface area contributed by atoms with Gasteiger partial charge in [-0.05, 0) is 24.3 Å². The van der Waals surface area contributed by atoms with Crippen LogP contribution in [0.25, 0.3) is 0 Å². The van der Waals surface area contributed by atoms with Gasteiger partial charge in [0.05, 0.1) is 10.5 Å². The molecule has 0 unspecified atom stereocenters. The highest BCUT2D eigenvalue weighted by Gasteiger charge is 2.04. The minimum absolute atomic E-state index is 0.0159. The average Bonchev–Trinajstić information content (AvgIpc) is 2.40. The molecular weight excluding hydrogens is 264 g/mol. The lowest BCUT2D eigenvalue weighted by Crippen LogP contribution is -2.00. The molecule has 2 aromatic carbocycles. The Kier molecular flexibility index (Phi) is 5.04. The second-order valence-electron chi connectivity index (χ2n) is 3.67. The number of hydrogen-bond acceptors (Lipinski definition) is 5. The molecule has 2 rings (SSSR count). The van der Waals surface area contributed by atoms with E-state index in [4.69, 9.17) is 15.9 Å². The first-order valence-electron chi connectivity index (χ1n) is 5.43. The van der Waals surface area contributed by atoms with Crippen LogP contribution in [0.4, 0.5) is 11.4 Å². The molecule has 7 heteroatoms. The van der Waals surface area contributed by atoms with E-state index in [1.54, 1.807) is 18.2 Å². The summed E-state index contributed by atoms with van der Waals surface area (Å²) in [5.74, 6) is -0.955. The predicted molar refractivity (Wildman–Crippen MR) is 72.6 cm³/mol. The molecule has 0 heterocycles. The van der Waals surface area contributed by atoms with Gasteiger partial charge in [0.25, 0.3) is 5.69 Å². The number of nitrogens with two attached hydrogens (primary N) is 1. The van der Waals surface area contributed by atoms with Crippen LogP contribution in [-0.4, -0.2) is 21.1 Å². The number of aromatic hydroxyl groups is 1. The summed E-state index contributed by atoms with van der Waals surface area (Å²) in [5, 5.41) is 27.2. The van der Waals surface area contributed by atoms with Crippen molar-refractivity contribution in [1.29, 1.82) is 0 Å². The topological polar surface area (TPSA) is 127 Å². The van der Waals surface area contributed by atoms with E-state index in [-0.39, 0.29) is 17.0 Å². The standard InChI is InChI=1S/C7H7NO2.C6H5NO3/c8-6-4-2-1-3-5(6)7(9)10;8-6-3-1-5(2-4-6)7(9)10/h1-4H,8H2,(H,9,10);1-4,8H. The average molecular weight is 276 g/mol. The van der Waals surface area contributed by atoms with E-state index in [1.807, 2.05) is 0 Å². The first-order chi connectivity index (χ1) is 9.41. The number of hydrogen-bond donors (Lipinski definition) is 3. The number of non-ortho nitro benzene ring substituents is 1. The number of benzene rings is 2. The van der Waals surface area contributed by atoms with Crippen LogP contribution in [0.3, 0.4) is 0 Å². The predicted octanol–water partition coefficient (Wildman–Crippen LogP) is 2.27. The SMILES string of the molecule is Nc1ccccc1C(=O)O.O=[N+]([O-])c1ccc(O)cc1. The molecule has 2 aromatic rings. The molecule has 0 atom stereocenters. The molecule has 4 N–H and O–H groups in total. The van der Waals surface area contributed by atoms with E-state index in [0.29, 0.717) is 5.69 Å². The number of aromatic carboxylic acids is 1. The minimum atomic E-state index is -0.988. The summed E-state index contributed by atoms with van der Waals surface area (Å²) in [6, 6.07) is 11.4. The van der Waals surface area contributed by atoms with Gasteiger partial charge in [0.1, 0.15) is 5.75 Å². The molecule has 0 aliphatic carbocycles. The Morgan fingerprint density at radius 2 is 1.65 bits per heavy atom. The second kappa shape index (κ2) is 6.74. The van der Waals surface area contributed by atoms with Crippen molar-refractivity contribution in [2.45, 2.75) is 0 Å². The summed E-state index contributed by atoms with van der Waals surface area (Å²) in [7, 11) is 0. The summed E-state index contributed by atoms with van der Waals surface area (Å²) >= 11 is 0. The number of nitrogens with zero attached hydrogens (tertiary/aromatic N) is 1. The van der Waals surface area contributed by atoms with Crippen molar-refractivity contribution in [3.8, 4) is 5.75 Å². The van der Waals surface area contributed by atoms with Gasteiger partial charge in [-0.2, -0.15) is 0 Å². The maximum atomic E-state index is 10.3. The van der Waals surface area contributed by atoms with Gasteiger partial charge in [0, 0.05) is 17.8 Å². The van der Waals surface area contributed by atoms with Crippen LogP contribution < -0.4 is 5.73 Å². The highest BCUT2D eigenvalue weighted by molar-refractivity contribution is 5.93. The third kappa shape index (κ3) is 4.30. The molecular formula is C13H12N2O5. The summed E-state index contributed by atoms with van der Waals surface area (Å²) in [6.07, 6.45) is 0. The molecule has 0 bridgehead atoms. The Balaban J connectivity index is 0.000000200. The van der Waals surface area contributed by atoms with Crippen molar-refractivity contribution in [1.82, 2.24) is 0 Å². The largest absolute Gasteiger partial charge is 0.508 e. The van der Waals surface area contributed by atoms with E-state index in [9.17, 15) is 14.9 Å². The summed E-state index contributed by atoms with van der Waals surface area (Å²) in [5.41, 5.74) is 5.78. The van der Waals surface area contributed by atoms with Crippen LogP contribution in [0, 0.1) is 10.1 Å². The van der Waals surface area contributed by atoms with E-state index in [1.165, 1.54) is 30.3 Å². The zero-order valence-corrected chi connectivity index (χ0v) is 10.3. The van der Waals surface area contributed by atoms with E-state index in [0.717, 1.165) is 0 Å². The van der Waals surface area contributed by atoms with Crippen LogP contribution in [-0.2, 0) is 0 Å². The first kappa shape index (κ1) is 15.0. The summed E-state index contributed by atoms with van der Waals surface area (Å²) in [6.45, 7) is 0. The normalized spacial score (nSPS) is 9.20. The fourth-order valence-corrected chi connectivity index (χ4v) is 1.27. The van der Waals surface area contributed by atoms with Gasteiger partial charge in [-0.3, -0.25) is 10.1 Å². The number of nitrogen functional groups attached to an aromatic ring is 1. The van der Waals surface area contributed by atoms with Gasteiger partial charge >= 0.3 is 5.97 Å².